The highest BCUT2D eigenvalue weighted by molar-refractivity contribution is 8.01. The summed E-state index contributed by atoms with van der Waals surface area (Å²) in [6.45, 7) is 3.71. The molecule has 0 bridgehead atoms. The molecule has 0 atom stereocenters. The zero-order valence-corrected chi connectivity index (χ0v) is 17.4. The van der Waals surface area contributed by atoms with E-state index >= 15 is 0 Å². The number of carbonyl (C=O) groups excluding carboxylic acids is 1. The molecule has 2 aromatic carbocycles. The standard InChI is InChI=1S/C22H20F3N3O2S/c1-26-20(13-31-2)21(29)28-19-12-27-18-8-3-14(11-17(18)19)9-10-30-16-6-4-15(5-7-16)22(23,24)25/h3-8,11-13,27H,1,9-10H2,2H3,(H,28,29)/b20-13-. The van der Waals surface area contributed by atoms with Crippen LogP contribution in [0.4, 0.5) is 18.9 Å². The number of fused-ring (bicyclic) bond motifs is 1. The van der Waals surface area contributed by atoms with Gasteiger partial charge in [-0.3, -0.25) is 9.79 Å². The molecule has 0 unspecified atom stereocenters. The van der Waals surface area contributed by atoms with E-state index in [2.05, 4.69) is 22.0 Å². The molecule has 0 spiro atoms. The smallest absolute Gasteiger partial charge is 0.416 e. The van der Waals surface area contributed by atoms with Crippen LogP contribution in [0, 0.1) is 0 Å². The normalized spacial score (nSPS) is 12.1. The third-order valence-electron chi connectivity index (χ3n) is 4.47. The van der Waals surface area contributed by atoms with Crippen LogP contribution in [0.3, 0.4) is 0 Å². The van der Waals surface area contributed by atoms with E-state index in [-0.39, 0.29) is 11.6 Å². The first-order chi connectivity index (χ1) is 14.8. The second-order valence-corrected chi connectivity index (χ2v) is 7.26. The van der Waals surface area contributed by atoms with Crippen molar-refractivity contribution in [3.8, 4) is 5.75 Å². The maximum Gasteiger partial charge on any atom is 0.416 e. The molecule has 1 heterocycles. The summed E-state index contributed by atoms with van der Waals surface area (Å²) in [4.78, 5) is 19.2. The average Bonchev–Trinajstić information content (AvgIpc) is 3.13. The van der Waals surface area contributed by atoms with E-state index in [0.29, 0.717) is 24.5 Å². The van der Waals surface area contributed by atoms with Crippen LogP contribution in [-0.4, -0.2) is 30.5 Å². The summed E-state index contributed by atoms with van der Waals surface area (Å²) in [5.41, 5.74) is 1.93. The number of aromatic amines is 1. The molecule has 5 nitrogen and oxygen atoms in total. The molecule has 1 aromatic heterocycles. The predicted molar refractivity (Wildman–Crippen MR) is 119 cm³/mol. The van der Waals surface area contributed by atoms with Gasteiger partial charge in [0.2, 0.25) is 0 Å². The minimum absolute atomic E-state index is 0.225. The van der Waals surface area contributed by atoms with E-state index in [1.54, 1.807) is 11.6 Å². The highest BCUT2D eigenvalue weighted by atomic mass is 32.2. The van der Waals surface area contributed by atoms with Crippen molar-refractivity contribution in [2.75, 3.05) is 18.2 Å². The Morgan fingerprint density at radius 1 is 1.26 bits per heavy atom. The summed E-state index contributed by atoms with van der Waals surface area (Å²) < 4.78 is 43.4. The monoisotopic (exact) mass is 447 g/mol. The lowest BCUT2D eigenvalue weighted by molar-refractivity contribution is -0.137. The Labute approximate surface area is 181 Å². The Hall–Kier alpha value is -3.20. The van der Waals surface area contributed by atoms with E-state index in [9.17, 15) is 18.0 Å². The average molecular weight is 447 g/mol. The van der Waals surface area contributed by atoms with Crippen LogP contribution in [-0.2, 0) is 17.4 Å². The number of hydrogen-bond donors (Lipinski definition) is 2. The Morgan fingerprint density at radius 2 is 2.00 bits per heavy atom. The van der Waals surface area contributed by atoms with Gasteiger partial charge in [-0.25, -0.2) is 0 Å². The fraction of sp³-hybridized carbons (Fsp3) is 0.182. The molecule has 0 radical (unpaired) electrons. The first-order valence-electron chi connectivity index (χ1n) is 9.23. The van der Waals surface area contributed by atoms with E-state index in [0.717, 1.165) is 28.6 Å². The van der Waals surface area contributed by atoms with Crippen molar-refractivity contribution in [1.82, 2.24) is 4.98 Å². The number of H-pyrrole nitrogens is 1. The van der Waals surface area contributed by atoms with Crippen LogP contribution in [0.15, 0.2) is 64.8 Å². The van der Waals surface area contributed by atoms with Crippen LogP contribution in [0.5, 0.6) is 5.75 Å². The van der Waals surface area contributed by atoms with Crippen molar-refractivity contribution in [1.29, 1.82) is 0 Å². The van der Waals surface area contributed by atoms with Crippen LogP contribution >= 0.6 is 11.8 Å². The largest absolute Gasteiger partial charge is 0.493 e. The van der Waals surface area contributed by atoms with Crippen LogP contribution in [0.2, 0.25) is 0 Å². The number of alkyl halides is 3. The molecule has 3 aromatic rings. The Morgan fingerprint density at radius 3 is 2.65 bits per heavy atom. The molecule has 31 heavy (non-hydrogen) atoms. The maximum atomic E-state index is 12.6. The summed E-state index contributed by atoms with van der Waals surface area (Å²) in [5, 5.41) is 5.26. The van der Waals surface area contributed by atoms with Gasteiger partial charge in [-0.2, -0.15) is 13.2 Å². The topological polar surface area (TPSA) is 66.5 Å². The molecule has 9 heteroatoms. The summed E-state index contributed by atoms with van der Waals surface area (Å²) >= 11 is 1.36. The number of rotatable bonds is 8. The summed E-state index contributed by atoms with van der Waals surface area (Å²) in [6, 6.07) is 10.3. The summed E-state index contributed by atoms with van der Waals surface area (Å²) in [7, 11) is 0. The third kappa shape index (κ3) is 5.69. The minimum Gasteiger partial charge on any atom is -0.493 e. The van der Waals surface area contributed by atoms with E-state index in [1.807, 2.05) is 24.5 Å². The number of benzene rings is 2. The molecular weight excluding hydrogens is 427 g/mol. The fourth-order valence-corrected chi connectivity index (χ4v) is 3.32. The third-order valence-corrected chi connectivity index (χ3v) is 4.93. The van der Waals surface area contributed by atoms with Crippen molar-refractivity contribution in [3.05, 3.63) is 70.9 Å². The van der Waals surface area contributed by atoms with E-state index in [4.69, 9.17) is 4.74 Å². The number of aliphatic imine (C=N–C) groups is 1. The zero-order chi connectivity index (χ0) is 22.4. The number of halogens is 3. The number of thioether (sulfide) groups is 1. The van der Waals surface area contributed by atoms with Gasteiger partial charge < -0.3 is 15.0 Å². The van der Waals surface area contributed by atoms with Crippen molar-refractivity contribution >= 4 is 41.0 Å². The van der Waals surface area contributed by atoms with Crippen molar-refractivity contribution in [2.24, 2.45) is 4.99 Å². The molecular formula is C22H20F3N3O2S. The van der Waals surface area contributed by atoms with Crippen molar-refractivity contribution in [2.45, 2.75) is 12.6 Å². The number of ether oxygens (including phenoxy) is 1. The molecule has 162 valence electrons. The quantitative estimate of drug-likeness (QED) is 0.346. The number of hydrogen-bond acceptors (Lipinski definition) is 4. The van der Waals surface area contributed by atoms with Gasteiger partial charge in [0.25, 0.3) is 5.91 Å². The molecule has 0 saturated heterocycles. The molecule has 0 fully saturated rings. The van der Waals surface area contributed by atoms with Gasteiger partial charge in [0, 0.05) is 28.9 Å². The molecule has 0 aliphatic rings. The molecule has 0 aliphatic heterocycles. The lowest BCUT2D eigenvalue weighted by atomic mass is 10.1. The second kappa shape index (κ2) is 9.74. The highest BCUT2D eigenvalue weighted by Crippen LogP contribution is 2.30. The molecule has 2 N–H and O–H groups in total. The molecule has 0 aliphatic carbocycles. The number of anilines is 1. The number of aromatic nitrogens is 1. The van der Waals surface area contributed by atoms with Gasteiger partial charge >= 0.3 is 6.18 Å². The lowest BCUT2D eigenvalue weighted by Crippen LogP contribution is -2.12. The molecule has 0 saturated carbocycles. The number of carbonyl (C=O) groups is 1. The lowest BCUT2D eigenvalue weighted by Gasteiger charge is -2.09. The van der Waals surface area contributed by atoms with Crippen LogP contribution in [0.1, 0.15) is 11.1 Å². The minimum atomic E-state index is -4.37. The van der Waals surface area contributed by atoms with Crippen molar-refractivity contribution < 1.29 is 22.7 Å². The van der Waals surface area contributed by atoms with Crippen LogP contribution in [0.25, 0.3) is 10.9 Å². The fourth-order valence-electron chi connectivity index (χ4n) is 2.91. The zero-order valence-electron chi connectivity index (χ0n) is 16.6. The molecule has 1 amide bonds. The number of nitrogens with one attached hydrogen (secondary N) is 2. The maximum absolute atomic E-state index is 12.6. The molecule has 3 rings (SSSR count). The van der Waals surface area contributed by atoms with Gasteiger partial charge in [-0.1, -0.05) is 6.07 Å². The number of nitrogens with zero attached hydrogens (tertiary/aromatic N) is 1. The van der Waals surface area contributed by atoms with Gasteiger partial charge in [0.05, 0.1) is 17.9 Å². The first-order valence-corrected chi connectivity index (χ1v) is 10.5. The Bertz CT molecular complexity index is 1110. The van der Waals surface area contributed by atoms with Crippen molar-refractivity contribution in [3.63, 3.8) is 0 Å². The van der Waals surface area contributed by atoms with Gasteiger partial charge in [-0.15, -0.1) is 11.8 Å². The van der Waals surface area contributed by atoms with Gasteiger partial charge in [0.15, 0.2) is 0 Å². The van der Waals surface area contributed by atoms with Crippen LogP contribution < -0.4 is 10.1 Å². The van der Waals surface area contributed by atoms with Gasteiger partial charge in [-0.05, 0) is 54.9 Å². The first kappa shape index (κ1) is 22.5. The Kier molecular flexibility index (Phi) is 7.06. The summed E-state index contributed by atoms with van der Waals surface area (Å²) in [6.07, 6.45) is -0.305. The second-order valence-electron chi connectivity index (χ2n) is 6.55. The number of amides is 1. The predicted octanol–water partition coefficient (Wildman–Crippen LogP) is 5.65. The Balaban J connectivity index is 1.66. The SMILES string of the molecule is C=N/C(=C\SC)C(=O)Nc1c[nH]c2ccc(CCOc3ccc(C(F)(F)F)cc3)cc12. The van der Waals surface area contributed by atoms with E-state index < -0.39 is 11.7 Å². The highest BCUT2D eigenvalue weighted by Gasteiger charge is 2.30. The van der Waals surface area contributed by atoms with E-state index in [1.165, 1.54) is 23.9 Å². The van der Waals surface area contributed by atoms with Gasteiger partial charge in [0.1, 0.15) is 11.4 Å². The summed E-state index contributed by atoms with van der Waals surface area (Å²) in [5.74, 6) is 0.00926.